The Morgan fingerprint density at radius 2 is 1.92 bits per heavy atom. The van der Waals surface area contributed by atoms with E-state index in [0.29, 0.717) is 4.47 Å². The van der Waals surface area contributed by atoms with E-state index in [1.54, 1.807) is 20.8 Å². The molecule has 0 aromatic heterocycles. The maximum atomic E-state index is 14.1. The van der Waals surface area contributed by atoms with Crippen molar-refractivity contribution in [3.05, 3.63) is 28.2 Å². The van der Waals surface area contributed by atoms with Gasteiger partial charge in [-0.25, -0.2) is 9.59 Å². The minimum atomic E-state index is -4.19. The lowest BCUT2D eigenvalue weighted by atomic mass is 10.0. The van der Waals surface area contributed by atoms with E-state index in [0.717, 1.165) is 0 Å². The Morgan fingerprint density at radius 3 is 2.44 bits per heavy atom. The normalized spacial score (nSPS) is 13.1. The molecule has 6 nitrogen and oxygen atoms in total. The number of alkyl halides is 2. The number of halogens is 3. The van der Waals surface area contributed by atoms with E-state index < -0.39 is 29.7 Å². The van der Waals surface area contributed by atoms with Crippen molar-refractivity contribution in [2.24, 2.45) is 0 Å². The lowest BCUT2D eigenvalue weighted by Gasteiger charge is -2.24. The van der Waals surface area contributed by atoms with E-state index in [1.165, 1.54) is 25.1 Å². The molecule has 0 bridgehead atoms. The summed E-state index contributed by atoms with van der Waals surface area (Å²) in [5.41, 5.74) is -1.28. The fraction of sp³-hybridized carbons (Fsp3) is 0.500. The molecule has 1 unspecified atom stereocenters. The van der Waals surface area contributed by atoms with Crippen LogP contribution in [-0.2, 0) is 14.3 Å². The maximum Gasteiger partial charge on any atom is 0.412 e. The largest absolute Gasteiger partial charge is 0.461 e. The summed E-state index contributed by atoms with van der Waals surface area (Å²) in [7, 11) is 0. The first-order chi connectivity index (χ1) is 11.4. The van der Waals surface area contributed by atoms with Crippen LogP contribution in [0.2, 0.25) is 0 Å². The summed E-state index contributed by atoms with van der Waals surface area (Å²) in [4.78, 5) is 23.3. The van der Waals surface area contributed by atoms with E-state index in [9.17, 15) is 23.5 Å². The number of anilines is 1. The van der Waals surface area contributed by atoms with E-state index in [2.05, 4.69) is 26.0 Å². The standard InChI is InChI=1S/C16H20BrF2NO5/c1-5-24-13(22)16(18,19)12(21)10-8-9(17)6-7-11(10)20-14(23)25-15(2,3)4/h6-8,12,21H,5H2,1-4H3,(H,20,23). The highest BCUT2D eigenvalue weighted by molar-refractivity contribution is 9.10. The van der Waals surface area contributed by atoms with Crippen LogP contribution in [0.25, 0.3) is 0 Å². The molecule has 0 aliphatic rings. The van der Waals surface area contributed by atoms with Crippen molar-refractivity contribution in [2.45, 2.75) is 45.3 Å². The topological polar surface area (TPSA) is 84.9 Å². The van der Waals surface area contributed by atoms with Crippen molar-refractivity contribution < 1.29 is 33.0 Å². The number of hydrogen-bond acceptors (Lipinski definition) is 5. The fourth-order valence-corrected chi connectivity index (χ4v) is 2.20. The molecular weight excluding hydrogens is 404 g/mol. The molecule has 140 valence electrons. The van der Waals surface area contributed by atoms with Gasteiger partial charge in [0.15, 0.2) is 6.10 Å². The number of nitrogens with one attached hydrogen (secondary N) is 1. The Hall–Kier alpha value is -1.74. The molecule has 1 rings (SSSR count). The second-order valence-corrected chi connectivity index (χ2v) is 7.02. The molecule has 0 saturated carbocycles. The van der Waals surface area contributed by atoms with Crippen LogP contribution in [0.15, 0.2) is 22.7 Å². The zero-order valence-electron chi connectivity index (χ0n) is 14.2. The fourth-order valence-electron chi connectivity index (χ4n) is 1.82. The van der Waals surface area contributed by atoms with Crippen LogP contribution in [0.3, 0.4) is 0 Å². The van der Waals surface area contributed by atoms with Gasteiger partial charge in [-0.15, -0.1) is 0 Å². The SMILES string of the molecule is CCOC(=O)C(F)(F)C(O)c1cc(Br)ccc1NC(=O)OC(C)(C)C. The number of benzene rings is 1. The molecule has 0 heterocycles. The zero-order valence-corrected chi connectivity index (χ0v) is 15.8. The van der Waals surface area contributed by atoms with Gasteiger partial charge in [-0.2, -0.15) is 8.78 Å². The molecule has 0 radical (unpaired) electrons. The molecule has 25 heavy (non-hydrogen) atoms. The van der Waals surface area contributed by atoms with Crippen molar-refractivity contribution in [3.63, 3.8) is 0 Å². The van der Waals surface area contributed by atoms with Gasteiger partial charge in [0, 0.05) is 10.0 Å². The highest BCUT2D eigenvalue weighted by atomic mass is 79.9. The Labute approximate surface area is 152 Å². The van der Waals surface area contributed by atoms with Crippen LogP contribution in [0.1, 0.15) is 39.4 Å². The van der Waals surface area contributed by atoms with Crippen LogP contribution in [0.4, 0.5) is 19.3 Å². The number of amides is 1. The summed E-state index contributed by atoms with van der Waals surface area (Å²) in [6, 6.07) is 3.95. The Kier molecular flexibility index (Phi) is 6.90. The number of carbonyl (C=O) groups excluding carboxylic acids is 2. The number of aliphatic hydroxyl groups is 1. The first-order valence-corrected chi connectivity index (χ1v) is 8.20. The van der Waals surface area contributed by atoms with Crippen LogP contribution in [0, 0.1) is 0 Å². The van der Waals surface area contributed by atoms with Gasteiger partial charge in [-0.05, 0) is 45.9 Å². The van der Waals surface area contributed by atoms with Gasteiger partial charge in [-0.1, -0.05) is 15.9 Å². The predicted octanol–water partition coefficient (Wildman–Crippen LogP) is 4.03. The monoisotopic (exact) mass is 423 g/mol. The number of carbonyl (C=O) groups is 2. The molecule has 0 saturated heterocycles. The molecule has 9 heteroatoms. The summed E-state index contributed by atoms with van der Waals surface area (Å²) in [5.74, 6) is -6.05. The molecule has 0 spiro atoms. The smallest absolute Gasteiger partial charge is 0.412 e. The minimum Gasteiger partial charge on any atom is -0.461 e. The molecular formula is C16H20BrF2NO5. The number of ether oxygens (including phenoxy) is 2. The lowest BCUT2D eigenvalue weighted by Crippen LogP contribution is -2.38. The van der Waals surface area contributed by atoms with E-state index in [-0.39, 0.29) is 17.9 Å². The van der Waals surface area contributed by atoms with E-state index in [4.69, 9.17) is 4.74 Å². The Bertz CT molecular complexity index is 646. The van der Waals surface area contributed by atoms with Gasteiger partial charge < -0.3 is 14.6 Å². The number of hydrogen-bond donors (Lipinski definition) is 2. The van der Waals surface area contributed by atoms with Gasteiger partial charge in [-0.3, -0.25) is 5.32 Å². The summed E-state index contributed by atoms with van der Waals surface area (Å²) in [5, 5.41) is 12.3. The number of esters is 1. The molecule has 0 aliphatic heterocycles. The minimum absolute atomic E-state index is 0.117. The quantitative estimate of drug-likeness (QED) is 0.698. The summed E-state index contributed by atoms with van der Waals surface area (Å²) >= 11 is 3.10. The number of aliphatic hydroxyl groups excluding tert-OH is 1. The molecule has 1 aromatic carbocycles. The Balaban J connectivity index is 3.16. The van der Waals surface area contributed by atoms with E-state index in [1.807, 2.05) is 0 Å². The summed E-state index contributed by atoms with van der Waals surface area (Å²) < 4.78 is 38.0. The van der Waals surface area contributed by atoms with Crippen LogP contribution in [-0.4, -0.2) is 35.3 Å². The van der Waals surface area contributed by atoms with E-state index >= 15 is 0 Å². The Morgan fingerprint density at radius 1 is 1.32 bits per heavy atom. The molecule has 1 atom stereocenters. The molecule has 1 amide bonds. The predicted molar refractivity (Wildman–Crippen MR) is 90.5 cm³/mol. The average molecular weight is 424 g/mol. The third-order valence-electron chi connectivity index (χ3n) is 2.83. The van der Waals surface area contributed by atoms with Crippen molar-refractivity contribution in [1.82, 2.24) is 0 Å². The van der Waals surface area contributed by atoms with Crippen molar-refractivity contribution in [1.29, 1.82) is 0 Å². The average Bonchev–Trinajstić information content (AvgIpc) is 2.46. The van der Waals surface area contributed by atoms with Crippen molar-refractivity contribution >= 4 is 33.7 Å². The molecule has 1 aromatic rings. The van der Waals surface area contributed by atoms with Crippen molar-refractivity contribution in [2.75, 3.05) is 11.9 Å². The maximum absolute atomic E-state index is 14.1. The van der Waals surface area contributed by atoms with Gasteiger partial charge in [0.25, 0.3) is 0 Å². The summed E-state index contributed by atoms with van der Waals surface area (Å²) in [6.45, 7) is 6.02. The van der Waals surface area contributed by atoms with Crippen LogP contribution < -0.4 is 5.32 Å². The van der Waals surface area contributed by atoms with Gasteiger partial charge in [0.1, 0.15) is 5.60 Å². The van der Waals surface area contributed by atoms with Gasteiger partial charge in [0.05, 0.1) is 12.3 Å². The highest BCUT2D eigenvalue weighted by Gasteiger charge is 2.49. The third-order valence-corrected chi connectivity index (χ3v) is 3.33. The highest BCUT2D eigenvalue weighted by Crippen LogP contribution is 2.37. The first-order valence-electron chi connectivity index (χ1n) is 7.41. The van der Waals surface area contributed by atoms with Crippen LogP contribution >= 0.6 is 15.9 Å². The molecule has 2 N–H and O–H groups in total. The van der Waals surface area contributed by atoms with Gasteiger partial charge >= 0.3 is 18.0 Å². The zero-order chi connectivity index (χ0) is 19.4. The summed E-state index contributed by atoms with van der Waals surface area (Å²) in [6.07, 6.45) is -3.41. The third kappa shape index (κ3) is 5.93. The first kappa shape index (κ1) is 21.3. The van der Waals surface area contributed by atoms with Crippen LogP contribution in [0.5, 0.6) is 0 Å². The lowest BCUT2D eigenvalue weighted by molar-refractivity contribution is -0.189. The van der Waals surface area contributed by atoms with Gasteiger partial charge in [0.2, 0.25) is 0 Å². The second kappa shape index (κ2) is 8.09. The molecule has 0 fully saturated rings. The number of rotatable bonds is 5. The van der Waals surface area contributed by atoms with Crippen molar-refractivity contribution in [3.8, 4) is 0 Å². The second-order valence-electron chi connectivity index (χ2n) is 6.10. The molecule has 0 aliphatic carbocycles.